The molecule has 2 aliphatic heterocycles. The van der Waals surface area contributed by atoms with E-state index in [0.717, 1.165) is 30.6 Å². The summed E-state index contributed by atoms with van der Waals surface area (Å²) in [4.78, 5) is 23.8. The molecule has 2 amide bonds. The normalized spacial score (nSPS) is 23.3. The molecule has 0 bridgehead atoms. The molecule has 1 unspecified atom stereocenters. The summed E-state index contributed by atoms with van der Waals surface area (Å²) in [5.41, 5.74) is 2.30. The summed E-state index contributed by atoms with van der Waals surface area (Å²) in [5.74, 6) is -0.0580. The van der Waals surface area contributed by atoms with E-state index in [1.807, 2.05) is 6.07 Å². The Morgan fingerprint density at radius 1 is 1.39 bits per heavy atom. The highest BCUT2D eigenvalue weighted by molar-refractivity contribution is 5.97. The summed E-state index contributed by atoms with van der Waals surface area (Å²) in [7, 11) is 1.68. The van der Waals surface area contributed by atoms with Crippen molar-refractivity contribution >= 4 is 17.5 Å². The van der Waals surface area contributed by atoms with Crippen molar-refractivity contribution in [2.75, 3.05) is 32.1 Å². The predicted molar refractivity (Wildman–Crippen MR) is 87.6 cm³/mol. The second-order valence-electron chi connectivity index (χ2n) is 6.35. The Balaban J connectivity index is 1.65. The minimum atomic E-state index is -0.160. The molecule has 2 heterocycles. The van der Waals surface area contributed by atoms with E-state index in [1.165, 1.54) is 0 Å². The summed E-state index contributed by atoms with van der Waals surface area (Å²) >= 11 is 0. The van der Waals surface area contributed by atoms with E-state index in [0.29, 0.717) is 31.6 Å². The molecule has 3 N–H and O–H groups in total. The fourth-order valence-electron chi connectivity index (χ4n) is 3.35. The zero-order valence-corrected chi connectivity index (χ0v) is 13.4. The van der Waals surface area contributed by atoms with Gasteiger partial charge in [-0.25, -0.2) is 0 Å². The molecule has 23 heavy (non-hydrogen) atoms. The Labute approximate surface area is 136 Å². The quantitative estimate of drug-likeness (QED) is 0.759. The summed E-state index contributed by atoms with van der Waals surface area (Å²) in [5, 5.41) is 9.29. The Hall–Kier alpha value is -1.92. The lowest BCUT2D eigenvalue weighted by molar-refractivity contribution is -0.116. The number of ether oxygens (including phenoxy) is 1. The van der Waals surface area contributed by atoms with Gasteiger partial charge in [-0.05, 0) is 49.6 Å². The van der Waals surface area contributed by atoms with Crippen LogP contribution in [0, 0.1) is 0 Å². The van der Waals surface area contributed by atoms with Gasteiger partial charge >= 0.3 is 0 Å². The Kier molecular flexibility index (Phi) is 4.63. The number of hydrogen-bond donors (Lipinski definition) is 3. The standard InChI is InChI=1S/C17H23N3O3/c1-23-11-17(7-2-8-19-17)10-18-16(22)13-3-5-14-12(9-13)4-6-15(21)20-14/h3,5,9,19H,2,4,6-8,10-11H2,1H3,(H,18,22)(H,20,21). The minimum Gasteiger partial charge on any atom is -0.383 e. The van der Waals surface area contributed by atoms with Crippen LogP contribution in [-0.2, 0) is 16.0 Å². The largest absolute Gasteiger partial charge is 0.383 e. The van der Waals surface area contributed by atoms with Crippen LogP contribution in [0.3, 0.4) is 0 Å². The molecule has 6 heteroatoms. The molecular weight excluding hydrogens is 294 g/mol. The molecule has 1 aromatic carbocycles. The SMILES string of the molecule is COCC1(CNC(=O)c2ccc3c(c2)CCC(=O)N3)CCCN1. The molecule has 6 nitrogen and oxygen atoms in total. The van der Waals surface area contributed by atoms with Gasteiger partial charge in [-0.3, -0.25) is 9.59 Å². The van der Waals surface area contributed by atoms with Crippen molar-refractivity contribution in [1.29, 1.82) is 0 Å². The third-order valence-corrected chi connectivity index (χ3v) is 4.60. The number of amides is 2. The van der Waals surface area contributed by atoms with E-state index in [2.05, 4.69) is 16.0 Å². The van der Waals surface area contributed by atoms with E-state index in [9.17, 15) is 9.59 Å². The average Bonchev–Trinajstić information content (AvgIpc) is 3.01. The van der Waals surface area contributed by atoms with Crippen LogP contribution in [0.2, 0.25) is 0 Å². The molecule has 0 saturated carbocycles. The number of aryl methyl sites for hydroxylation is 1. The van der Waals surface area contributed by atoms with Gasteiger partial charge in [-0.2, -0.15) is 0 Å². The smallest absolute Gasteiger partial charge is 0.251 e. The second kappa shape index (κ2) is 6.68. The zero-order valence-electron chi connectivity index (χ0n) is 13.4. The van der Waals surface area contributed by atoms with Crippen LogP contribution in [0.15, 0.2) is 18.2 Å². The van der Waals surface area contributed by atoms with E-state index in [4.69, 9.17) is 4.74 Å². The summed E-state index contributed by atoms with van der Waals surface area (Å²) in [6.07, 6.45) is 3.24. The number of carbonyl (C=O) groups excluding carboxylic acids is 2. The Bertz CT molecular complexity index is 609. The van der Waals surface area contributed by atoms with Gasteiger partial charge < -0.3 is 20.7 Å². The highest BCUT2D eigenvalue weighted by Crippen LogP contribution is 2.24. The van der Waals surface area contributed by atoms with E-state index in [1.54, 1.807) is 19.2 Å². The maximum absolute atomic E-state index is 12.4. The molecule has 0 aliphatic carbocycles. The molecule has 2 aliphatic rings. The third-order valence-electron chi connectivity index (χ3n) is 4.60. The number of rotatable bonds is 5. The highest BCUT2D eigenvalue weighted by Gasteiger charge is 2.33. The summed E-state index contributed by atoms with van der Waals surface area (Å²) in [6.45, 7) is 2.09. The predicted octanol–water partition coefficient (Wildman–Crippen LogP) is 1.07. The summed E-state index contributed by atoms with van der Waals surface area (Å²) in [6, 6.07) is 5.43. The number of nitrogens with one attached hydrogen (secondary N) is 3. The van der Waals surface area contributed by atoms with Crippen molar-refractivity contribution in [3.05, 3.63) is 29.3 Å². The van der Waals surface area contributed by atoms with Gasteiger partial charge in [0.05, 0.1) is 12.1 Å². The number of fused-ring (bicyclic) bond motifs is 1. The van der Waals surface area contributed by atoms with E-state index in [-0.39, 0.29) is 17.4 Å². The lowest BCUT2D eigenvalue weighted by atomic mass is 9.97. The summed E-state index contributed by atoms with van der Waals surface area (Å²) < 4.78 is 5.30. The molecule has 124 valence electrons. The Morgan fingerprint density at radius 3 is 3.00 bits per heavy atom. The van der Waals surface area contributed by atoms with Crippen molar-refractivity contribution in [2.24, 2.45) is 0 Å². The highest BCUT2D eigenvalue weighted by atomic mass is 16.5. The lowest BCUT2D eigenvalue weighted by Gasteiger charge is -2.29. The van der Waals surface area contributed by atoms with E-state index < -0.39 is 0 Å². The van der Waals surface area contributed by atoms with Crippen LogP contribution in [-0.4, -0.2) is 44.2 Å². The van der Waals surface area contributed by atoms with Gasteiger partial charge in [0, 0.05) is 31.3 Å². The number of carbonyl (C=O) groups is 2. The molecule has 0 spiro atoms. The molecule has 3 rings (SSSR count). The van der Waals surface area contributed by atoms with Crippen molar-refractivity contribution in [3.8, 4) is 0 Å². The minimum absolute atomic E-state index is 0.0310. The van der Waals surface area contributed by atoms with Crippen LogP contribution >= 0.6 is 0 Å². The van der Waals surface area contributed by atoms with Crippen LogP contribution in [0.5, 0.6) is 0 Å². The Morgan fingerprint density at radius 2 is 2.26 bits per heavy atom. The number of benzene rings is 1. The van der Waals surface area contributed by atoms with Gasteiger partial charge in [0.15, 0.2) is 0 Å². The van der Waals surface area contributed by atoms with Crippen LogP contribution in [0.1, 0.15) is 35.2 Å². The van der Waals surface area contributed by atoms with Crippen molar-refractivity contribution in [1.82, 2.24) is 10.6 Å². The van der Waals surface area contributed by atoms with Crippen LogP contribution in [0.4, 0.5) is 5.69 Å². The van der Waals surface area contributed by atoms with Crippen LogP contribution < -0.4 is 16.0 Å². The van der Waals surface area contributed by atoms with Crippen LogP contribution in [0.25, 0.3) is 0 Å². The number of methoxy groups -OCH3 is 1. The van der Waals surface area contributed by atoms with Crippen molar-refractivity contribution in [3.63, 3.8) is 0 Å². The van der Waals surface area contributed by atoms with Gasteiger partial charge in [-0.15, -0.1) is 0 Å². The van der Waals surface area contributed by atoms with Crippen molar-refractivity contribution in [2.45, 2.75) is 31.2 Å². The second-order valence-corrected chi connectivity index (χ2v) is 6.35. The first-order chi connectivity index (χ1) is 11.1. The maximum Gasteiger partial charge on any atom is 0.251 e. The van der Waals surface area contributed by atoms with E-state index >= 15 is 0 Å². The first-order valence-corrected chi connectivity index (χ1v) is 8.07. The monoisotopic (exact) mass is 317 g/mol. The first kappa shape index (κ1) is 16.0. The van der Waals surface area contributed by atoms with Gasteiger partial charge in [0.2, 0.25) is 5.91 Å². The van der Waals surface area contributed by atoms with Gasteiger partial charge in [-0.1, -0.05) is 0 Å². The number of hydrogen-bond acceptors (Lipinski definition) is 4. The first-order valence-electron chi connectivity index (χ1n) is 8.07. The topological polar surface area (TPSA) is 79.5 Å². The molecule has 1 fully saturated rings. The maximum atomic E-state index is 12.4. The molecule has 0 radical (unpaired) electrons. The van der Waals surface area contributed by atoms with Gasteiger partial charge in [0.1, 0.15) is 0 Å². The lowest BCUT2D eigenvalue weighted by Crippen LogP contribution is -2.53. The average molecular weight is 317 g/mol. The fraction of sp³-hybridized carbons (Fsp3) is 0.529. The molecule has 1 aromatic rings. The molecule has 0 aromatic heterocycles. The van der Waals surface area contributed by atoms with Gasteiger partial charge in [0.25, 0.3) is 5.91 Å². The zero-order chi connectivity index (χ0) is 16.3. The third kappa shape index (κ3) is 3.54. The fourth-order valence-corrected chi connectivity index (χ4v) is 3.35. The van der Waals surface area contributed by atoms with Crippen molar-refractivity contribution < 1.29 is 14.3 Å². The molecule has 1 saturated heterocycles. The molecule has 1 atom stereocenters. The number of anilines is 1. The molecular formula is C17H23N3O3.